The second-order valence-corrected chi connectivity index (χ2v) is 9.99. The van der Waals surface area contributed by atoms with E-state index < -0.39 is 6.09 Å². The number of aromatic nitrogens is 3. The summed E-state index contributed by atoms with van der Waals surface area (Å²) in [6.45, 7) is 15.9. The summed E-state index contributed by atoms with van der Waals surface area (Å²) in [5.74, 6) is 0.520. The van der Waals surface area contributed by atoms with E-state index in [2.05, 4.69) is 65.9 Å². The van der Waals surface area contributed by atoms with Gasteiger partial charge in [0.05, 0.1) is 0 Å². The third kappa shape index (κ3) is 5.37. The molecule has 0 unspecified atom stereocenters. The first-order valence-corrected chi connectivity index (χ1v) is 12.1. The number of hydrogen-bond acceptors (Lipinski definition) is 4. The fourth-order valence-corrected chi connectivity index (χ4v) is 3.62. The Labute approximate surface area is 197 Å². The number of rotatable bonds is 9. The number of unbranched alkanes of at least 4 members (excludes halogenated alkanes) is 1. The van der Waals surface area contributed by atoms with Gasteiger partial charge in [-0.15, -0.1) is 15.0 Å². The molecule has 3 rings (SSSR count). The first-order valence-electron chi connectivity index (χ1n) is 12.1. The summed E-state index contributed by atoms with van der Waals surface area (Å²) in [5.41, 5.74) is 4.19. The molecule has 0 aliphatic heterocycles. The van der Waals surface area contributed by atoms with Crippen molar-refractivity contribution in [2.45, 2.75) is 85.0 Å². The number of ether oxygens (including phenoxy) is 1. The van der Waals surface area contributed by atoms with Crippen LogP contribution in [-0.4, -0.2) is 27.6 Å². The normalized spacial score (nSPS) is 12.2. The molecule has 0 saturated heterocycles. The maximum atomic E-state index is 12.8. The molecule has 178 valence electrons. The van der Waals surface area contributed by atoms with Gasteiger partial charge in [-0.3, -0.25) is 0 Å². The van der Waals surface area contributed by atoms with Crippen LogP contribution in [0.3, 0.4) is 0 Å². The van der Waals surface area contributed by atoms with E-state index in [1.54, 1.807) is 4.80 Å². The number of nitrogens with one attached hydrogen (secondary N) is 1. The summed E-state index contributed by atoms with van der Waals surface area (Å²) in [4.78, 5) is 14.4. The molecule has 1 amide bonds. The van der Waals surface area contributed by atoms with Crippen molar-refractivity contribution in [3.8, 4) is 11.4 Å². The average Bonchev–Trinajstić information content (AvgIpc) is 3.23. The topological polar surface area (TPSA) is 69.0 Å². The standard InChI is InChI=1S/C27H38N4O2/c1-8-11-16-28-25(32)33-24-20(27(6,7)10-3)17-19(26(4,5)9-2)18-23(24)31-29-21-14-12-13-15-22(21)30-31/h12-15,17-18H,8-11,16H2,1-7H3,(H,28,32). The van der Waals surface area contributed by atoms with E-state index in [1.807, 2.05) is 24.3 Å². The second kappa shape index (κ2) is 9.94. The number of carbonyl (C=O) groups excluding carboxylic acids is 1. The van der Waals surface area contributed by atoms with Gasteiger partial charge in [0.15, 0.2) is 5.75 Å². The van der Waals surface area contributed by atoms with Crippen LogP contribution in [-0.2, 0) is 10.8 Å². The van der Waals surface area contributed by atoms with Crippen LogP contribution in [0.2, 0.25) is 0 Å². The minimum atomic E-state index is -0.447. The van der Waals surface area contributed by atoms with Gasteiger partial charge in [-0.1, -0.05) is 73.1 Å². The lowest BCUT2D eigenvalue weighted by molar-refractivity contribution is 0.199. The molecule has 0 aliphatic carbocycles. The quantitative estimate of drug-likeness (QED) is 0.369. The molecule has 6 heteroatoms. The predicted molar refractivity (Wildman–Crippen MR) is 134 cm³/mol. The first-order chi connectivity index (χ1) is 15.6. The Hall–Kier alpha value is -2.89. The molecule has 0 spiro atoms. The Balaban J connectivity index is 2.25. The fraction of sp³-hybridized carbons (Fsp3) is 0.519. The highest BCUT2D eigenvalue weighted by atomic mass is 16.6. The molecular weight excluding hydrogens is 412 g/mol. The fourth-order valence-electron chi connectivity index (χ4n) is 3.62. The van der Waals surface area contributed by atoms with Gasteiger partial charge in [0.2, 0.25) is 0 Å². The molecule has 6 nitrogen and oxygen atoms in total. The Morgan fingerprint density at radius 2 is 1.58 bits per heavy atom. The van der Waals surface area contributed by atoms with Crippen LogP contribution in [0.5, 0.6) is 5.75 Å². The van der Waals surface area contributed by atoms with Gasteiger partial charge in [-0.2, -0.15) is 0 Å². The molecule has 1 N–H and O–H groups in total. The molecule has 1 heterocycles. The summed E-state index contributed by atoms with van der Waals surface area (Å²) in [5, 5.41) is 12.3. The SMILES string of the molecule is CCCCNC(=O)Oc1c(-n2nc3ccccc3n2)cc(C(C)(C)CC)cc1C(C)(C)CC. The second-order valence-electron chi connectivity index (χ2n) is 9.99. The van der Waals surface area contributed by atoms with Crippen LogP contribution >= 0.6 is 0 Å². The molecule has 0 bridgehead atoms. The van der Waals surface area contributed by atoms with Gasteiger partial charge in [0.25, 0.3) is 0 Å². The molecule has 3 aromatic rings. The Bertz CT molecular complexity index is 1080. The lowest BCUT2D eigenvalue weighted by atomic mass is 9.76. The summed E-state index contributed by atoms with van der Waals surface area (Å²) >= 11 is 0. The lowest BCUT2D eigenvalue weighted by Gasteiger charge is -2.31. The highest BCUT2D eigenvalue weighted by Crippen LogP contribution is 2.42. The van der Waals surface area contributed by atoms with Gasteiger partial charge in [-0.05, 0) is 53.9 Å². The highest BCUT2D eigenvalue weighted by Gasteiger charge is 2.31. The van der Waals surface area contributed by atoms with Crippen LogP contribution in [0.15, 0.2) is 36.4 Å². The van der Waals surface area contributed by atoms with Crippen LogP contribution in [0.25, 0.3) is 16.7 Å². The highest BCUT2D eigenvalue weighted by molar-refractivity contribution is 5.76. The maximum absolute atomic E-state index is 12.8. The van der Waals surface area contributed by atoms with E-state index in [0.717, 1.165) is 42.3 Å². The number of hydrogen-bond donors (Lipinski definition) is 1. The smallest absolute Gasteiger partial charge is 0.408 e. The molecule has 0 radical (unpaired) electrons. The Kier molecular flexibility index (Phi) is 7.45. The van der Waals surface area contributed by atoms with Gasteiger partial charge >= 0.3 is 6.09 Å². The minimum absolute atomic E-state index is 0.0538. The molecule has 0 saturated carbocycles. The molecule has 0 aliphatic rings. The molecule has 0 atom stereocenters. The van der Waals surface area contributed by atoms with Gasteiger partial charge in [-0.25, -0.2) is 4.79 Å². The van der Waals surface area contributed by atoms with Crippen molar-refractivity contribution in [3.63, 3.8) is 0 Å². The van der Waals surface area contributed by atoms with E-state index in [4.69, 9.17) is 14.9 Å². The van der Waals surface area contributed by atoms with E-state index in [0.29, 0.717) is 18.0 Å². The molecule has 33 heavy (non-hydrogen) atoms. The number of benzene rings is 2. The van der Waals surface area contributed by atoms with Crippen molar-refractivity contribution < 1.29 is 9.53 Å². The third-order valence-corrected chi connectivity index (χ3v) is 6.84. The summed E-state index contributed by atoms with van der Waals surface area (Å²) in [7, 11) is 0. The largest absolute Gasteiger partial charge is 0.412 e. The van der Waals surface area contributed by atoms with Gasteiger partial charge in [0.1, 0.15) is 16.7 Å². The predicted octanol–water partition coefficient (Wildman–Crippen LogP) is 6.68. The summed E-state index contributed by atoms with van der Waals surface area (Å²) < 4.78 is 6.01. The van der Waals surface area contributed by atoms with Gasteiger partial charge < -0.3 is 10.1 Å². The molecule has 0 fully saturated rings. The summed E-state index contributed by atoms with van der Waals surface area (Å²) in [6.07, 6.45) is 3.34. The van der Waals surface area contributed by atoms with E-state index in [1.165, 1.54) is 5.56 Å². The van der Waals surface area contributed by atoms with Crippen molar-refractivity contribution in [2.24, 2.45) is 0 Å². The number of nitrogens with zero attached hydrogens (tertiary/aromatic N) is 3. The molecular formula is C27H38N4O2. The maximum Gasteiger partial charge on any atom is 0.412 e. The van der Waals surface area contributed by atoms with Crippen molar-refractivity contribution in [1.82, 2.24) is 20.3 Å². The van der Waals surface area contributed by atoms with Crippen LogP contribution in [0.1, 0.15) is 85.3 Å². The van der Waals surface area contributed by atoms with Crippen molar-refractivity contribution >= 4 is 17.1 Å². The molecule has 2 aromatic carbocycles. The summed E-state index contributed by atoms with van der Waals surface area (Å²) in [6, 6.07) is 12.0. The number of amides is 1. The average molecular weight is 451 g/mol. The van der Waals surface area contributed by atoms with Gasteiger partial charge in [0, 0.05) is 12.1 Å². The lowest BCUT2D eigenvalue weighted by Crippen LogP contribution is -2.30. The first kappa shape index (κ1) is 24.7. The van der Waals surface area contributed by atoms with Crippen molar-refractivity contribution in [1.29, 1.82) is 0 Å². The molecule has 1 aromatic heterocycles. The third-order valence-electron chi connectivity index (χ3n) is 6.84. The Morgan fingerprint density at radius 1 is 0.970 bits per heavy atom. The van der Waals surface area contributed by atoms with Crippen LogP contribution in [0, 0.1) is 0 Å². The zero-order valence-corrected chi connectivity index (χ0v) is 21.2. The zero-order chi connectivity index (χ0) is 24.2. The van der Waals surface area contributed by atoms with Crippen molar-refractivity contribution in [3.05, 3.63) is 47.5 Å². The van der Waals surface area contributed by atoms with Crippen LogP contribution < -0.4 is 10.1 Å². The number of carbonyl (C=O) groups is 1. The minimum Gasteiger partial charge on any atom is -0.408 e. The monoisotopic (exact) mass is 450 g/mol. The van der Waals surface area contributed by atoms with Crippen LogP contribution in [0.4, 0.5) is 4.79 Å². The van der Waals surface area contributed by atoms with E-state index >= 15 is 0 Å². The number of fused-ring (bicyclic) bond motifs is 1. The zero-order valence-electron chi connectivity index (χ0n) is 21.2. The Morgan fingerprint density at radius 3 is 2.12 bits per heavy atom. The van der Waals surface area contributed by atoms with E-state index in [9.17, 15) is 4.79 Å². The van der Waals surface area contributed by atoms with E-state index in [-0.39, 0.29) is 10.8 Å². The van der Waals surface area contributed by atoms with Crippen molar-refractivity contribution in [2.75, 3.05) is 6.54 Å².